The maximum absolute atomic E-state index is 13.3. The number of aromatic nitrogens is 1. The first-order valence-corrected chi connectivity index (χ1v) is 39.1. The molecule has 9 unspecified atom stereocenters. The van der Waals surface area contributed by atoms with Crippen LogP contribution in [-0.2, 0) is 14.4 Å². The molecule has 22 heteroatoms. The number of carbonyl (C=O) groups is 5. The lowest BCUT2D eigenvalue weighted by molar-refractivity contribution is -0.186. The summed E-state index contributed by atoms with van der Waals surface area (Å²) in [5, 5.41) is 58.4. The van der Waals surface area contributed by atoms with E-state index in [0.29, 0.717) is 72.1 Å². The third kappa shape index (κ3) is 12.3. The second kappa shape index (κ2) is 24.5. The average Bonchev–Trinajstić information content (AvgIpc) is 0.772. The molecule has 15 aliphatic carbocycles. The van der Waals surface area contributed by atoms with Crippen LogP contribution in [-0.4, -0.2) is 145 Å². The van der Waals surface area contributed by atoms with Crippen molar-refractivity contribution in [1.82, 2.24) is 19.7 Å². The Labute approximate surface area is 550 Å². The van der Waals surface area contributed by atoms with Crippen LogP contribution in [0.25, 0.3) is 14.5 Å². The minimum atomic E-state index is -1.11. The number of halogens is 2. The molecule has 0 spiro atoms. The van der Waals surface area contributed by atoms with Crippen LogP contribution in [0, 0.1) is 95.1 Å². The van der Waals surface area contributed by atoms with E-state index in [4.69, 9.17) is 46.5 Å². The minimum absolute atomic E-state index is 0.00449. The number of hydrogen-bond acceptors (Lipinski definition) is 12. The molecule has 3 saturated heterocycles. The van der Waals surface area contributed by atoms with E-state index in [9.17, 15) is 39.3 Å². The molecule has 90 heavy (non-hydrogen) atoms. The molecule has 12 bridgehead atoms. The van der Waals surface area contributed by atoms with Gasteiger partial charge in [0.15, 0.2) is 0 Å². The van der Waals surface area contributed by atoms with Crippen LogP contribution in [0.15, 0.2) is 48.8 Å². The summed E-state index contributed by atoms with van der Waals surface area (Å²) < 4.78 is 0. The van der Waals surface area contributed by atoms with E-state index >= 15 is 0 Å². The molecule has 3 aliphatic heterocycles. The topological polar surface area (TPSA) is 294 Å². The van der Waals surface area contributed by atoms with Gasteiger partial charge in [-0.1, -0.05) is 19.1 Å². The molecule has 20 rings (SSSR count). The van der Waals surface area contributed by atoms with Gasteiger partial charge in [0, 0.05) is 92.9 Å². The lowest BCUT2D eigenvalue weighted by Gasteiger charge is -2.62. The van der Waals surface area contributed by atoms with E-state index in [-0.39, 0.29) is 87.3 Å². The third-order valence-electron chi connectivity index (χ3n) is 24.9. The molecule has 1 aromatic heterocycles. The molecule has 1 aromatic carbocycles. The third-order valence-corrected chi connectivity index (χ3v) is 24.9. The van der Waals surface area contributed by atoms with E-state index < -0.39 is 40.8 Å². The van der Waals surface area contributed by atoms with Gasteiger partial charge in [-0.2, -0.15) is 0 Å². The molecule has 3 amide bonds. The van der Waals surface area contributed by atoms with Crippen molar-refractivity contribution in [2.75, 3.05) is 0 Å². The van der Waals surface area contributed by atoms with Crippen LogP contribution in [0.5, 0.6) is 5.75 Å². The number of pyridine rings is 1. The lowest BCUT2D eigenvalue weighted by atomic mass is 9.45. The molecule has 4 heterocycles. The first-order chi connectivity index (χ1) is 42.8. The first kappa shape index (κ1) is 65.3. The lowest BCUT2D eigenvalue weighted by Crippen LogP contribution is -2.64. The molecule has 484 valence electrons. The average molecular weight is 1460 g/mol. The van der Waals surface area contributed by atoms with Crippen molar-refractivity contribution >= 4 is 66.9 Å². The number of hydrogen-bond donors (Lipinski definition) is 8. The number of aromatic carboxylic acids is 2. The zero-order valence-corrected chi connectivity index (χ0v) is 55.6. The van der Waals surface area contributed by atoms with Gasteiger partial charge < -0.3 is 42.1 Å². The summed E-state index contributed by atoms with van der Waals surface area (Å²) in [5.74, 6) is 2.90. The van der Waals surface area contributed by atoms with Gasteiger partial charge in [0.05, 0.1) is 34.5 Å². The predicted molar refractivity (Wildman–Crippen MR) is 347 cm³/mol. The van der Waals surface area contributed by atoms with Crippen LogP contribution in [0.3, 0.4) is 0 Å². The van der Waals surface area contributed by atoms with Gasteiger partial charge in [0.25, 0.3) is 0 Å². The number of likely N-dealkylation sites (tertiary alicyclic amines) is 3. The molecule has 18 aliphatic rings. The van der Waals surface area contributed by atoms with E-state index in [1.54, 1.807) is 18.2 Å². The Morgan fingerprint density at radius 2 is 0.878 bits per heavy atom. The largest absolute Gasteiger partial charge is 0.507 e. The molecule has 10 N–H and O–H groups in total. The number of aromatic hydroxyl groups is 1. The molecule has 20 nitrogen and oxygen atoms in total. The smallest absolute Gasteiger partial charge is 0.339 e. The Morgan fingerprint density at radius 1 is 0.522 bits per heavy atom. The number of fused-ring (bicyclic) bond motifs is 3. The Balaban J connectivity index is 0.000000113. The Kier molecular flexibility index (Phi) is 17.8. The number of para-hydroxylation sites is 1. The van der Waals surface area contributed by atoms with Crippen LogP contribution in [0.2, 0.25) is 0 Å². The fraction of sp³-hybridized carbons (Fsp3) is 0.721. The highest BCUT2D eigenvalue weighted by molar-refractivity contribution is 15.0. The Morgan fingerprint density at radius 3 is 1.18 bits per heavy atom. The zero-order valence-electron chi connectivity index (χ0n) is 51.2. The number of piperidine rings is 3. The number of phenols is 1. The van der Waals surface area contributed by atoms with Crippen molar-refractivity contribution in [3.05, 3.63) is 94.2 Å². The van der Waals surface area contributed by atoms with Gasteiger partial charge in [-0.15, -0.1) is 0 Å². The molecule has 18 atom stereocenters. The number of aliphatic hydroxyl groups is 3. The van der Waals surface area contributed by atoms with Crippen molar-refractivity contribution in [3.63, 3.8) is 0 Å². The van der Waals surface area contributed by atoms with Crippen LogP contribution in [0.4, 0.5) is 0 Å². The number of carboxylic acid groups (broad SMARTS) is 2. The minimum Gasteiger partial charge on any atom is -0.507 e. The molecule has 18 fully saturated rings. The number of rotatable bonds is 8. The zero-order chi connectivity index (χ0) is 64.2. The highest BCUT2D eigenvalue weighted by Crippen LogP contribution is 2.67. The number of benzene rings is 1. The van der Waals surface area contributed by atoms with Crippen LogP contribution < -0.4 is 11.5 Å². The van der Waals surface area contributed by atoms with Gasteiger partial charge in [-0.25, -0.2) is 29.3 Å². The van der Waals surface area contributed by atoms with Crippen molar-refractivity contribution in [3.8, 4) is 5.75 Å². The van der Waals surface area contributed by atoms with E-state index in [1.165, 1.54) is 49.9 Å². The number of carboxylic acids is 2. The predicted octanol–water partition coefficient (Wildman–Crippen LogP) is 9.48. The van der Waals surface area contributed by atoms with Crippen molar-refractivity contribution in [2.24, 2.45) is 86.9 Å². The first-order valence-electron chi connectivity index (χ1n) is 32.8. The van der Waals surface area contributed by atoms with Gasteiger partial charge in [0.1, 0.15) is 11.3 Å². The normalized spacial score (nSPS) is 43.2. The van der Waals surface area contributed by atoms with Gasteiger partial charge in [0.2, 0.25) is 17.7 Å². The second-order valence-electron chi connectivity index (χ2n) is 31.2. The van der Waals surface area contributed by atoms with Gasteiger partial charge >= 0.3 is 30.4 Å². The van der Waals surface area contributed by atoms with Crippen molar-refractivity contribution in [2.45, 2.75) is 227 Å². The summed E-state index contributed by atoms with van der Waals surface area (Å²) in [4.78, 5) is 80.2. The highest BCUT2D eigenvalue weighted by atomic mass is 128. The summed E-state index contributed by atoms with van der Waals surface area (Å²) in [7, 11) is 0. The fourth-order valence-corrected chi connectivity index (χ4v) is 22.1. The maximum atomic E-state index is 13.3. The van der Waals surface area contributed by atoms with Crippen LogP contribution >= 0.6 is 37.2 Å². The summed E-state index contributed by atoms with van der Waals surface area (Å²) in [6.45, 7) is 24.3. The summed E-state index contributed by atoms with van der Waals surface area (Å²) in [6.07, 6.45) is 25.3. The Hall–Kier alpha value is -4.75. The SMILES string of the molecule is II.O=C(O)c1ccccc1O.O=C(O)c1cccnc1.[C-]#[N+][C@@H]1C[C@@H]2C[C@@H]2N1C(=O)C(C)C12CC3CC(CC(O)(C3)C1)C2.[C-]#[N+][C@@H]1C[C@@H]2C[C@@H]2N1C(=O)C(N)C12CC3CC(CC(O)(C3)C1)C2.[C-]#[N+][C@@H]1C[C@@H]2C[C@@H]2N1C(=O)C(N)C12CC3CC(CC(O)(C3)C1)C2. The Bertz CT molecular complexity index is 2970. The molecular formula is C68H87I2N9O11. The number of carbonyl (C=O) groups excluding carboxylic acids is 3. The number of nitrogens with zero attached hydrogens (tertiary/aromatic N) is 7. The standard InChI is InChI=1S/C19H26N2O2.2C18H25N3O2.C7H6O3.C6H5NO2.I2/c1-11(17(22)21-15-4-14(15)5-16(21)20-2)18-6-12-3-13(7-18)9-19(23,8-12)10-18;2*1-20-14-4-12-3-13(12)21(14)16(22)15(19)17-5-10-2-11(6-17)8-18(23,7-10)9-17;8-6-4-2-1-3-5(6)7(9)10;8-6(9)5-2-1-3-7-4-5;1-2/h11-16,23H,3-10H2,1H3;2*10-15,23H,2-9,19H2;1-4,8H,(H,9,10);1-4H,(H,8,9);/t11?,12?,13?,14-,15-,16-,18?,19?;2*10?,11?,12-,13-,14-,15?,17?,18?;;;/m000.../s1. The molecule has 2 aromatic rings. The van der Waals surface area contributed by atoms with Crippen molar-refractivity contribution in [1.29, 1.82) is 0 Å². The fourth-order valence-electron chi connectivity index (χ4n) is 22.1. The molecule has 0 radical (unpaired) electrons. The summed E-state index contributed by atoms with van der Waals surface area (Å²) in [5.41, 5.74) is 11.1. The molecule has 15 saturated carbocycles. The van der Waals surface area contributed by atoms with E-state index in [2.05, 4.69) is 63.7 Å². The molecular weight excluding hydrogens is 1370 g/mol. The van der Waals surface area contributed by atoms with Gasteiger partial charge in [-0.3, -0.25) is 48.6 Å². The number of nitrogens with two attached hydrogens (primary N) is 2. The number of amides is 3. The maximum Gasteiger partial charge on any atom is 0.339 e. The van der Waals surface area contributed by atoms with Crippen LogP contribution in [0.1, 0.15) is 182 Å². The monoisotopic (exact) mass is 1460 g/mol. The highest BCUT2D eigenvalue weighted by Gasteiger charge is 2.67. The van der Waals surface area contributed by atoms with E-state index in [0.717, 1.165) is 122 Å². The van der Waals surface area contributed by atoms with Crippen molar-refractivity contribution < 1.29 is 54.6 Å². The quantitative estimate of drug-likeness (QED) is 0.0902. The van der Waals surface area contributed by atoms with Gasteiger partial charge in [-0.05, 0) is 229 Å². The van der Waals surface area contributed by atoms with E-state index in [1.807, 2.05) is 14.7 Å². The second-order valence-corrected chi connectivity index (χ2v) is 31.2. The summed E-state index contributed by atoms with van der Waals surface area (Å²) in [6, 6.07) is 8.70. The summed E-state index contributed by atoms with van der Waals surface area (Å²) >= 11 is 4.24.